The highest BCUT2D eigenvalue weighted by Gasteiger charge is 2.13. The van der Waals surface area contributed by atoms with Crippen molar-refractivity contribution >= 4 is 40.7 Å². The number of hydrogen-bond donors (Lipinski definition) is 2. The number of carbonyl (C=O) groups is 2. The summed E-state index contributed by atoms with van der Waals surface area (Å²) in [6, 6.07) is 15.5. The summed E-state index contributed by atoms with van der Waals surface area (Å²) in [5.41, 5.74) is 1.44. The summed E-state index contributed by atoms with van der Waals surface area (Å²) in [4.78, 5) is 24.2. The second-order valence-electron chi connectivity index (χ2n) is 6.21. The van der Waals surface area contributed by atoms with E-state index in [0.29, 0.717) is 21.5 Å². The van der Waals surface area contributed by atoms with Crippen LogP contribution in [0, 0.1) is 6.92 Å². The van der Waals surface area contributed by atoms with Gasteiger partial charge < -0.3 is 19.8 Å². The Bertz CT molecular complexity index is 1010. The van der Waals surface area contributed by atoms with Crippen LogP contribution < -0.4 is 15.4 Å². The molecule has 2 aromatic carbocycles. The fourth-order valence-corrected chi connectivity index (χ4v) is 3.05. The van der Waals surface area contributed by atoms with E-state index in [-0.39, 0.29) is 18.9 Å². The van der Waals surface area contributed by atoms with Crippen LogP contribution in [0.3, 0.4) is 0 Å². The molecule has 8 heteroatoms. The molecule has 0 aliphatic carbocycles. The molecule has 2 N–H and O–H groups in total. The van der Waals surface area contributed by atoms with E-state index in [1.807, 2.05) is 31.2 Å². The number of rotatable bonds is 7. The normalized spacial score (nSPS) is 10.4. The summed E-state index contributed by atoms with van der Waals surface area (Å²) in [6.07, 6.45) is 0. The molecular formula is C21H18Cl2N2O4. The maximum Gasteiger partial charge on any atom is 0.287 e. The van der Waals surface area contributed by atoms with E-state index in [9.17, 15) is 9.59 Å². The van der Waals surface area contributed by atoms with Crippen molar-refractivity contribution < 1.29 is 18.7 Å². The molecule has 6 nitrogen and oxygen atoms in total. The average Bonchev–Trinajstić information content (AvgIpc) is 3.14. The van der Waals surface area contributed by atoms with Gasteiger partial charge in [0.15, 0.2) is 5.76 Å². The minimum atomic E-state index is -0.508. The van der Waals surface area contributed by atoms with Crippen LogP contribution in [0.5, 0.6) is 5.75 Å². The number of halogens is 2. The van der Waals surface area contributed by atoms with Crippen molar-refractivity contribution in [1.29, 1.82) is 0 Å². The average molecular weight is 433 g/mol. The molecule has 0 spiro atoms. The molecular weight excluding hydrogens is 415 g/mol. The van der Waals surface area contributed by atoms with Gasteiger partial charge in [0.05, 0.1) is 6.54 Å². The molecule has 0 aliphatic heterocycles. The second-order valence-corrected chi connectivity index (χ2v) is 7.08. The van der Waals surface area contributed by atoms with Crippen LogP contribution in [0.4, 0.5) is 5.69 Å². The molecule has 2 amide bonds. The number of anilines is 1. The molecule has 3 aromatic rings. The third-order valence-corrected chi connectivity index (χ3v) is 4.34. The molecule has 1 aromatic heterocycles. The Morgan fingerprint density at radius 2 is 1.76 bits per heavy atom. The van der Waals surface area contributed by atoms with Crippen LogP contribution in [-0.2, 0) is 11.4 Å². The Balaban J connectivity index is 1.49. The monoisotopic (exact) mass is 432 g/mol. The van der Waals surface area contributed by atoms with Crippen molar-refractivity contribution in [2.24, 2.45) is 0 Å². The van der Waals surface area contributed by atoms with Crippen LogP contribution in [0.2, 0.25) is 10.0 Å². The van der Waals surface area contributed by atoms with E-state index in [1.165, 1.54) is 6.07 Å². The van der Waals surface area contributed by atoms with Gasteiger partial charge in [-0.2, -0.15) is 0 Å². The quantitative estimate of drug-likeness (QED) is 0.559. The fourth-order valence-electron chi connectivity index (χ4n) is 2.52. The topological polar surface area (TPSA) is 80.6 Å². The molecule has 0 bridgehead atoms. The first-order valence-electron chi connectivity index (χ1n) is 8.72. The number of carbonyl (C=O) groups excluding carboxylic acids is 2. The summed E-state index contributed by atoms with van der Waals surface area (Å²) in [7, 11) is 0. The van der Waals surface area contributed by atoms with Crippen molar-refractivity contribution in [1.82, 2.24) is 5.32 Å². The van der Waals surface area contributed by atoms with Crippen LogP contribution in [0.25, 0.3) is 0 Å². The number of nitrogens with one attached hydrogen (secondary N) is 2. The zero-order valence-corrected chi connectivity index (χ0v) is 17.0. The van der Waals surface area contributed by atoms with Crippen molar-refractivity contribution in [3.63, 3.8) is 0 Å². The van der Waals surface area contributed by atoms with Crippen LogP contribution in [0.15, 0.2) is 59.0 Å². The van der Waals surface area contributed by atoms with Crippen LogP contribution in [0.1, 0.15) is 21.9 Å². The molecule has 0 saturated heterocycles. The fraction of sp³-hybridized carbons (Fsp3) is 0.143. The van der Waals surface area contributed by atoms with E-state index < -0.39 is 11.8 Å². The lowest BCUT2D eigenvalue weighted by atomic mass is 10.2. The van der Waals surface area contributed by atoms with E-state index >= 15 is 0 Å². The van der Waals surface area contributed by atoms with Gasteiger partial charge in [0.2, 0.25) is 5.91 Å². The smallest absolute Gasteiger partial charge is 0.287 e. The van der Waals surface area contributed by atoms with Gasteiger partial charge in [-0.3, -0.25) is 9.59 Å². The zero-order chi connectivity index (χ0) is 20.8. The highest BCUT2D eigenvalue weighted by Crippen LogP contribution is 2.22. The molecule has 0 saturated carbocycles. The van der Waals surface area contributed by atoms with Gasteiger partial charge in [-0.1, -0.05) is 41.4 Å². The number of furan rings is 1. The van der Waals surface area contributed by atoms with E-state index in [2.05, 4.69) is 10.6 Å². The van der Waals surface area contributed by atoms with E-state index in [0.717, 1.165) is 11.3 Å². The van der Waals surface area contributed by atoms with Crippen LogP contribution >= 0.6 is 23.2 Å². The number of amides is 2. The Morgan fingerprint density at radius 3 is 2.48 bits per heavy atom. The number of ether oxygens (including phenoxy) is 1. The number of hydrogen-bond acceptors (Lipinski definition) is 4. The van der Waals surface area contributed by atoms with Gasteiger partial charge in [0.25, 0.3) is 5.91 Å². The van der Waals surface area contributed by atoms with Crippen molar-refractivity contribution in [2.45, 2.75) is 13.5 Å². The lowest BCUT2D eigenvalue weighted by Gasteiger charge is -2.07. The first-order chi connectivity index (χ1) is 13.9. The summed E-state index contributed by atoms with van der Waals surface area (Å²) < 4.78 is 11.2. The third kappa shape index (κ3) is 6.01. The molecule has 0 aliphatic rings. The van der Waals surface area contributed by atoms with E-state index in [4.69, 9.17) is 32.4 Å². The summed E-state index contributed by atoms with van der Waals surface area (Å²) in [5, 5.41) is 5.89. The second kappa shape index (κ2) is 9.49. The third-order valence-electron chi connectivity index (χ3n) is 3.90. The molecule has 150 valence electrons. The van der Waals surface area contributed by atoms with Gasteiger partial charge in [-0.15, -0.1) is 0 Å². The highest BCUT2D eigenvalue weighted by atomic mass is 35.5. The Labute approximate surface area is 177 Å². The van der Waals surface area contributed by atoms with Gasteiger partial charge in [0, 0.05) is 15.7 Å². The number of benzene rings is 2. The van der Waals surface area contributed by atoms with Crippen LogP contribution in [-0.4, -0.2) is 18.4 Å². The number of para-hydroxylation sites is 1. The van der Waals surface area contributed by atoms with Crippen molar-refractivity contribution in [3.8, 4) is 5.75 Å². The lowest BCUT2D eigenvalue weighted by molar-refractivity contribution is -0.115. The maximum absolute atomic E-state index is 12.2. The van der Waals surface area contributed by atoms with Gasteiger partial charge in [0.1, 0.15) is 18.1 Å². The Morgan fingerprint density at radius 1 is 1.03 bits per heavy atom. The Hall–Kier alpha value is -2.96. The summed E-state index contributed by atoms with van der Waals surface area (Å²) >= 11 is 11.8. The van der Waals surface area contributed by atoms with Gasteiger partial charge in [-0.25, -0.2) is 0 Å². The summed E-state index contributed by atoms with van der Waals surface area (Å²) in [6.45, 7) is 1.89. The summed E-state index contributed by atoms with van der Waals surface area (Å²) in [5.74, 6) is 0.397. The molecule has 1 heterocycles. The van der Waals surface area contributed by atoms with Gasteiger partial charge >= 0.3 is 0 Å². The predicted octanol–water partition coefficient (Wildman–Crippen LogP) is 4.84. The molecule has 0 fully saturated rings. The molecule has 0 unspecified atom stereocenters. The maximum atomic E-state index is 12.2. The minimum Gasteiger partial charge on any atom is -0.485 e. The zero-order valence-electron chi connectivity index (χ0n) is 15.5. The number of aryl methyl sites for hydroxylation is 1. The van der Waals surface area contributed by atoms with E-state index in [1.54, 1.807) is 24.3 Å². The molecule has 29 heavy (non-hydrogen) atoms. The van der Waals surface area contributed by atoms with Crippen molar-refractivity contribution in [2.75, 3.05) is 11.9 Å². The minimum absolute atomic E-state index is 0.0898. The van der Waals surface area contributed by atoms with Crippen molar-refractivity contribution in [3.05, 3.63) is 81.7 Å². The predicted molar refractivity (Wildman–Crippen MR) is 112 cm³/mol. The molecule has 0 atom stereocenters. The molecule has 3 rings (SSSR count). The molecule has 0 radical (unpaired) electrons. The van der Waals surface area contributed by atoms with Gasteiger partial charge in [-0.05, 0) is 48.9 Å². The largest absolute Gasteiger partial charge is 0.485 e. The highest BCUT2D eigenvalue weighted by molar-refractivity contribution is 6.35. The first-order valence-corrected chi connectivity index (χ1v) is 9.47. The first kappa shape index (κ1) is 20.8. The SMILES string of the molecule is Cc1ccccc1OCc1ccc(C(=O)NCC(=O)Nc2cc(Cl)cc(Cl)c2)o1. The lowest BCUT2D eigenvalue weighted by Crippen LogP contribution is -2.32. The standard InChI is InChI=1S/C21H18Cl2N2O4/c1-13-4-2-3-5-18(13)28-12-17-6-7-19(29-17)21(27)24-11-20(26)25-16-9-14(22)8-15(23)10-16/h2-10H,11-12H2,1H3,(H,24,27)(H,25,26). The Kier molecular flexibility index (Phi) is 6.80.